The zero-order chi connectivity index (χ0) is 34.2. The van der Waals surface area contributed by atoms with E-state index < -0.39 is 17.3 Å². The molecule has 0 saturated carbocycles. The van der Waals surface area contributed by atoms with E-state index in [-0.39, 0.29) is 25.4 Å². The molecule has 14 heteroatoms. The number of amides is 2. The monoisotopic (exact) mass is 693 g/mol. The maximum atomic E-state index is 14.1. The van der Waals surface area contributed by atoms with E-state index in [1.807, 2.05) is 60.9 Å². The second-order valence-corrected chi connectivity index (χ2v) is 15.5. The van der Waals surface area contributed by atoms with Gasteiger partial charge in [-0.3, -0.25) is 4.68 Å². The van der Waals surface area contributed by atoms with Crippen LogP contribution in [-0.4, -0.2) is 84.6 Å². The third kappa shape index (κ3) is 8.46. The van der Waals surface area contributed by atoms with Crippen LogP contribution in [0.4, 0.5) is 15.4 Å². The van der Waals surface area contributed by atoms with Crippen LogP contribution in [0.1, 0.15) is 92.7 Å². The van der Waals surface area contributed by atoms with Crippen molar-refractivity contribution < 1.29 is 19.1 Å². The number of nitrogens with zero attached hydrogens (tertiary/aromatic N) is 8. The number of aryl methyl sites for hydroxylation is 1. The number of likely N-dealkylation sites (tertiary alicyclic amines) is 1. The SMILES string of the molecule is C.Cn1cc(-c2cnn3c(N(C(=O)OC(C)(C)C)C4=CCC(C5CCN(C(=O)OC(C)(C)C)CC5)=NS4)cc(C4CCCNC4)nc23)cn1. The van der Waals surface area contributed by atoms with Gasteiger partial charge >= 0.3 is 12.2 Å². The number of allylic oxidation sites excluding steroid dienone is 1. The number of rotatable bonds is 5. The van der Waals surface area contributed by atoms with Gasteiger partial charge in [-0.2, -0.15) is 14.7 Å². The van der Waals surface area contributed by atoms with Gasteiger partial charge in [0, 0.05) is 86.0 Å². The quantitative estimate of drug-likeness (QED) is 0.282. The smallest absolute Gasteiger partial charge is 0.421 e. The van der Waals surface area contributed by atoms with Crippen molar-refractivity contribution in [2.45, 2.75) is 98.2 Å². The van der Waals surface area contributed by atoms with Gasteiger partial charge in [-0.15, -0.1) is 0 Å². The van der Waals surface area contributed by atoms with Crippen molar-refractivity contribution in [1.29, 1.82) is 0 Å². The molecule has 3 aromatic rings. The molecular weight excluding hydrogens is 643 g/mol. The van der Waals surface area contributed by atoms with Crippen LogP contribution in [-0.2, 0) is 16.5 Å². The number of carbonyl (C=O) groups is 2. The normalized spacial score (nSPS) is 19.2. The molecule has 0 radical (unpaired) electrons. The van der Waals surface area contributed by atoms with E-state index in [9.17, 15) is 9.59 Å². The van der Waals surface area contributed by atoms with Crippen LogP contribution < -0.4 is 10.2 Å². The Morgan fingerprint density at radius 2 is 1.73 bits per heavy atom. The Morgan fingerprint density at radius 1 is 1.00 bits per heavy atom. The first-order chi connectivity index (χ1) is 22.8. The number of ether oxygens (including phenoxy) is 2. The van der Waals surface area contributed by atoms with Gasteiger partial charge in [-0.1, -0.05) is 7.43 Å². The van der Waals surface area contributed by atoms with Crippen molar-refractivity contribution in [3.8, 4) is 11.1 Å². The van der Waals surface area contributed by atoms with Gasteiger partial charge < -0.3 is 19.7 Å². The Bertz CT molecular complexity index is 1720. The minimum Gasteiger partial charge on any atom is -0.444 e. The van der Waals surface area contributed by atoms with Crippen molar-refractivity contribution in [1.82, 2.24) is 34.6 Å². The van der Waals surface area contributed by atoms with E-state index in [2.05, 4.69) is 16.5 Å². The second kappa shape index (κ2) is 14.5. The van der Waals surface area contributed by atoms with E-state index >= 15 is 0 Å². The minimum atomic E-state index is -0.723. The lowest BCUT2D eigenvalue weighted by Gasteiger charge is -2.34. The molecule has 0 aliphatic carbocycles. The fourth-order valence-corrected chi connectivity index (χ4v) is 7.11. The van der Waals surface area contributed by atoms with E-state index in [0.29, 0.717) is 36.0 Å². The van der Waals surface area contributed by atoms with Crippen molar-refractivity contribution in [3.05, 3.63) is 41.5 Å². The summed E-state index contributed by atoms with van der Waals surface area (Å²) in [6.07, 6.45) is 11.0. The summed E-state index contributed by atoms with van der Waals surface area (Å²) in [6.45, 7) is 14.3. The van der Waals surface area contributed by atoms with Crippen LogP contribution >= 0.6 is 11.9 Å². The Morgan fingerprint density at radius 3 is 2.33 bits per heavy atom. The molecular formula is C35H51N9O4S. The van der Waals surface area contributed by atoms with E-state index in [4.69, 9.17) is 24.0 Å². The molecule has 0 aromatic carbocycles. The van der Waals surface area contributed by atoms with Gasteiger partial charge in [0.05, 0.1) is 18.1 Å². The molecule has 2 amide bonds. The molecule has 3 aliphatic heterocycles. The third-order valence-electron chi connectivity index (χ3n) is 8.59. The molecule has 3 aromatic heterocycles. The Kier molecular flexibility index (Phi) is 10.8. The molecule has 0 spiro atoms. The highest BCUT2D eigenvalue weighted by Gasteiger charge is 2.34. The molecule has 49 heavy (non-hydrogen) atoms. The van der Waals surface area contributed by atoms with Gasteiger partial charge in [-0.05, 0) is 79.8 Å². The first-order valence-corrected chi connectivity index (χ1v) is 17.6. The molecule has 1 atom stereocenters. The van der Waals surface area contributed by atoms with Gasteiger partial charge in [-0.25, -0.2) is 23.9 Å². The summed E-state index contributed by atoms with van der Waals surface area (Å²) < 4.78 is 20.0. The number of piperidine rings is 2. The molecule has 3 aliphatic rings. The Hall–Kier alpha value is -3.91. The summed E-state index contributed by atoms with van der Waals surface area (Å²) >= 11 is 1.28. The highest BCUT2D eigenvalue weighted by atomic mass is 32.2. The summed E-state index contributed by atoms with van der Waals surface area (Å²) in [6, 6.07) is 1.97. The fourth-order valence-electron chi connectivity index (χ4n) is 6.27. The van der Waals surface area contributed by atoms with Gasteiger partial charge in [0.1, 0.15) is 22.0 Å². The Labute approximate surface area is 293 Å². The van der Waals surface area contributed by atoms with E-state index in [1.54, 1.807) is 31.4 Å². The topological polar surface area (TPSA) is 131 Å². The lowest BCUT2D eigenvalue weighted by atomic mass is 9.90. The number of hydrogen-bond donors (Lipinski definition) is 1. The van der Waals surface area contributed by atoms with Crippen LogP contribution in [0.15, 0.2) is 40.2 Å². The maximum absolute atomic E-state index is 14.1. The molecule has 1 unspecified atom stereocenters. The van der Waals surface area contributed by atoms with Gasteiger partial charge in [0.2, 0.25) is 0 Å². The summed E-state index contributed by atoms with van der Waals surface area (Å²) in [5, 5.41) is 13.3. The van der Waals surface area contributed by atoms with Crippen LogP contribution in [0.25, 0.3) is 16.8 Å². The summed E-state index contributed by atoms with van der Waals surface area (Å²) in [5.41, 5.74) is 3.09. The highest BCUT2D eigenvalue weighted by molar-refractivity contribution is 8.02. The molecule has 1 N–H and O–H groups in total. The van der Waals surface area contributed by atoms with Crippen molar-refractivity contribution >= 4 is 41.3 Å². The van der Waals surface area contributed by atoms with Crippen molar-refractivity contribution in [2.24, 2.45) is 17.4 Å². The maximum Gasteiger partial charge on any atom is 0.421 e. The van der Waals surface area contributed by atoms with Crippen molar-refractivity contribution in [3.63, 3.8) is 0 Å². The fraction of sp³-hybridized carbons (Fsp3) is 0.600. The Balaban J connectivity index is 0.00000468. The van der Waals surface area contributed by atoms with Crippen LogP contribution in [0, 0.1) is 5.92 Å². The molecule has 6 rings (SSSR count). The summed E-state index contributed by atoms with van der Waals surface area (Å²) in [7, 11) is 1.88. The van der Waals surface area contributed by atoms with E-state index in [0.717, 1.165) is 61.3 Å². The lowest BCUT2D eigenvalue weighted by Crippen LogP contribution is -2.43. The van der Waals surface area contributed by atoms with Crippen LogP contribution in [0.3, 0.4) is 0 Å². The average Bonchev–Trinajstić information content (AvgIpc) is 3.66. The predicted octanol–water partition coefficient (Wildman–Crippen LogP) is 6.96. The zero-order valence-corrected chi connectivity index (χ0v) is 29.8. The largest absolute Gasteiger partial charge is 0.444 e. The molecule has 2 fully saturated rings. The summed E-state index contributed by atoms with van der Waals surface area (Å²) in [5.74, 6) is 0.979. The highest BCUT2D eigenvalue weighted by Crippen LogP contribution is 2.38. The average molecular weight is 694 g/mol. The number of hydrogen-bond acceptors (Lipinski definition) is 10. The molecule has 2 saturated heterocycles. The molecule has 0 bridgehead atoms. The predicted molar refractivity (Wildman–Crippen MR) is 194 cm³/mol. The standard InChI is InChI=1S/C34H47N9O4S.CH4/c1-33(2,3)46-31(44)41-15-12-22(13-16-41)26-10-11-29(48-39-26)42(32(45)47-34(4,5)6)28-17-27(23-9-8-14-35-18-23)38-30-25(20-37-43(28)30)24-19-36-40(7)21-24;/h11,17,19-23,35H,8-10,12-16,18H2,1-7H3;1H4. The molecule has 13 nitrogen and oxygen atoms in total. The number of fused-ring (bicyclic) bond motifs is 1. The molecule has 266 valence electrons. The number of aromatic nitrogens is 5. The van der Waals surface area contributed by atoms with Crippen LogP contribution in [0.5, 0.6) is 0 Å². The number of carbonyl (C=O) groups excluding carboxylic acids is 2. The molecule has 6 heterocycles. The zero-order valence-electron chi connectivity index (χ0n) is 29.0. The number of nitrogens with one attached hydrogen (secondary N) is 1. The van der Waals surface area contributed by atoms with Gasteiger partial charge in [0.15, 0.2) is 5.65 Å². The van der Waals surface area contributed by atoms with Crippen LogP contribution in [0.2, 0.25) is 0 Å². The third-order valence-corrected chi connectivity index (χ3v) is 9.45. The van der Waals surface area contributed by atoms with Crippen molar-refractivity contribution in [2.75, 3.05) is 31.1 Å². The van der Waals surface area contributed by atoms with E-state index in [1.165, 1.54) is 11.9 Å². The lowest BCUT2D eigenvalue weighted by molar-refractivity contribution is 0.0201. The van der Waals surface area contributed by atoms with Gasteiger partial charge in [0.25, 0.3) is 0 Å². The second-order valence-electron chi connectivity index (χ2n) is 14.8. The number of anilines is 1. The minimum absolute atomic E-state index is 0. The first kappa shape index (κ1) is 36.4. The first-order valence-electron chi connectivity index (χ1n) is 16.8. The summed E-state index contributed by atoms with van der Waals surface area (Å²) in [4.78, 5) is 35.2.